The zero-order chi connectivity index (χ0) is 17.1. The first-order valence-electron chi connectivity index (χ1n) is 7.16. The third kappa shape index (κ3) is 2.18. The van der Waals surface area contributed by atoms with E-state index in [4.69, 9.17) is 0 Å². The monoisotopic (exact) mass is 334 g/mol. The zero-order valence-electron chi connectivity index (χ0n) is 12.5. The molecule has 0 aromatic carbocycles. The minimum Gasteiger partial charge on any atom is -0.327 e. The van der Waals surface area contributed by atoms with Crippen molar-refractivity contribution in [2.45, 2.75) is 12.8 Å². The smallest absolute Gasteiger partial charge is 0.282 e. The van der Waals surface area contributed by atoms with Gasteiger partial charge in [0.1, 0.15) is 5.52 Å². The molecule has 2 aromatic heterocycles. The van der Waals surface area contributed by atoms with Crippen molar-refractivity contribution in [2.24, 2.45) is 0 Å². The van der Waals surface area contributed by atoms with E-state index < -0.39 is 30.8 Å². The summed E-state index contributed by atoms with van der Waals surface area (Å²) in [6.45, 7) is 0.589. The molecule has 0 radical (unpaired) electrons. The van der Waals surface area contributed by atoms with E-state index in [0.717, 1.165) is 5.01 Å². The SMILES string of the molecule is CC1=CC(=O)N(Nc2nc(N3CC(F)(F)C3)nn3cccc23)C1=O. The number of imide groups is 1. The van der Waals surface area contributed by atoms with Crippen LogP contribution in [-0.2, 0) is 9.59 Å². The van der Waals surface area contributed by atoms with Crippen molar-refractivity contribution in [2.75, 3.05) is 23.4 Å². The zero-order valence-corrected chi connectivity index (χ0v) is 12.5. The standard InChI is InChI=1S/C14H12F2N6O2/c1-8-5-10(23)22(12(8)24)18-11-9-3-2-4-21(9)19-13(17-11)20-6-14(15,16)7-20/h2-5H,6-7H2,1H3,(H,17,18,19). The summed E-state index contributed by atoms with van der Waals surface area (Å²) in [6.07, 6.45) is 2.84. The molecule has 4 rings (SSSR count). The van der Waals surface area contributed by atoms with Gasteiger partial charge in [-0.1, -0.05) is 0 Å². The van der Waals surface area contributed by atoms with Crippen molar-refractivity contribution in [3.63, 3.8) is 0 Å². The maximum atomic E-state index is 13.1. The van der Waals surface area contributed by atoms with Crippen molar-refractivity contribution in [1.29, 1.82) is 0 Å². The number of carbonyl (C=O) groups excluding carboxylic acids is 2. The molecule has 1 N–H and O–H groups in total. The van der Waals surface area contributed by atoms with Crippen molar-refractivity contribution < 1.29 is 18.4 Å². The summed E-state index contributed by atoms with van der Waals surface area (Å²) in [5.41, 5.74) is 3.47. The van der Waals surface area contributed by atoms with Crippen LogP contribution >= 0.6 is 0 Å². The summed E-state index contributed by atoms with van der Waals surface area (Å²) in [5.74, 6) is -3.48. The number of hydrogen-bond donors (Lipinski definition) is 1. The molecular formula is C14H12F2N6O2. The second-order valence-corrected chi connectivity index (χ2v) is 5.73. The Balaban J connectivity index is 1.68. The van der Waals surface area contributed by atoms with Crippen molar-refractivity contribution in [3.05, 3.63) is 30.0 Å². The highest BCUT2D eigenvalue weighted by Crippen LogP contribution is 2.31. The van der Waals surface area contributed by atoms with E-state index >= 15 is 0 Å². The molecule has 1 fully saturated rings. The molecule has 4 heterocycles. The van der Waals surface area contributed by atoms with Gasteiger partial charge in [0.25, 0.3) is 17.7 Å². The Morgan fingerprint density at radius 1 is 1.29 bits per heavy atom. The topological polar surface area (TPSA) is 82.8 Å². The van der Waals surface area contributed by atoms with Crippen LogP contribution in [0.25, 0.3) is 5.52 Å². The molecule has 2 aliphatic heterocycles. The first kappa shape index (κ1) is 14.5. The van der Waals surface area contributed by atoms with Crippen molar-refractivity contribution >= 4 is 29.1 Å². The Labute approximate surface area is 134 Å². The summed E-state index contributed by atoms with van der Waals surface area (Å²) in [6, 6.07) is 3.38. The third-order valence-corrected chi connectivity index (χ3v) is 3.83. The Bertz CT molecular complexity index is 898. The van der Waals surface area contributed by atoms with Gasteiger partial charge in [-0.3, -0.25) is 15.0 Å². The Morgan fingerprint density at radius 2 is 2.04 bits per heavy atom. The van der Waals surface area contributed by atoms with E-state index in [1.54, 1.807) is 18.3 Å². The summed E-state index contributed by atoms with van der Waals surface area (Å²) >= 11 is 0. The van der Waals surface area contributed by atoms with Gasteiger partial charge < -0.3 is 4.90 Å². The molecule has 2 aromatic rings. The summed E-state index contributed by atoms with van der Waals surface area (Å²) in [4.78, 5) is 29.4. The molecular weight excluding hydrogens is 322 g/mol. The first-order chi connectivity index (χ1) is 11.3. The van der Waals surface area contributed by atoms with Crippen LogP contribution < -0.4 is 10.3 Å². The molecule has 0 spiro atoms. The first-order valence-corrected chi connectivity index (χ1v) is 7.16. The molecule has 2 aliphatic rings. The fourth-order valence-electron chi connectivity index (χ4n) is 2.59. The Hall–Kier alpha value is -3.04. The number of hydrazine groups is 1. The summed E-state index contributed by atoms with van der Waals surface area (Å²) in [5, 5.41) is 5.00. The van der Waals surface area contributed by atoms with Crippen LogP contribution in [0, 0.1) is 0 Å². The normalized spacial score (nSPS) is 19.7. The number of nitrogens with one attached hydrogen (secondary N) is 1. The molecule has 8 nitrogen and oxygen atoms in total. The van der Waals surface area contributed by atoms with E-state index in [1.807, 2.05) is 0 Å². The predicted octanol–water partition coefficient (Wildman–Crippen LogP) is 0.827. The second kappa shape index (κ2) is 4.73. The van der Waals surface area contributed by atoms with Crippen LogP contribution in [0.3, 0.4) is 0 Å². The molecule has 124 valence electrons. The van der Waals surface area contributed by atoms with Crippen LogP contribution in [0.2, 0.25) is 0 Å². The summed E-state index contributed by atoms with van der Waals surface area (Å²) in [7, 11) is 0. The number of halogens is 2. The van der Waals surface area contributed by atoms with E-state index in [1.165, 1.54) is 22.4 Å². The van der Waals surface area contributed by atoms with E-state index in [2.05, 4.69) is 15.5 Å². The summed E-state index contributed by atoms with van der Waals surface area (Å²) < 4.78 is 27.6. The maximum absolute atomic E-state index is 13.1. The van der Waals surface area contributed by atoms with E-state index in [0.29, 0.717) is 11.1 Å². The van der Waals surface area contributed by atoms with Gasteiger partial charge in [-0.2, -0.15) is 9.99 Å². The lowest BCUT2D eigenvalue weighted by atomic mass is 10.2. The quantitative estimate of drug-likeness (QED) is 0.837. The third-order valence-electron chi connectivity index (χ3n) is 3.83. The number of anilines is 2. The fraction of sp³-hybridized carbons (Fsp3) is 0.286. The molecule has 24 heavy (non-hydrogen) atoms. The highest BCUT2D eigenvalue weighted by atomic mass is 19.3. The Morgan fingerprint density at radius 3 is 2.67 bits per heavy atom. The number of nitrogens with zero attached hydrogens (tertiary/aromatic N) is 5. The molecule has 0 bridgehead atoms. The lowest BCUT2D eigenvalue weighted by Crippen LogP contribution is -2.57. The molecule has 10 heteroatoms. The van der Waals surface area contributed by atoms with Crippen molar-refractivity contribution in [3.8, 4) is 0 Å². The lowest BCUT2D eigenvalue weighted by Gasteiger charge is -2.38. The Kier molecular flexibility index (Phi) is 2.87. The van der Waals surface area contributed by atoms with Crippen LogP contribution in [0.4, 0.5) is 20.5 Å². The fourth-order valence-corrected chi connectivity index (χ4v) is 2.59. The van der Waals surface area contributed by atoms with Gasteiger partial charge in [-0.05, 0) is 19.1 Å². The maximum Gasteiger partial charge on any atom is 0.282 e. The van der Waals surface area contributed by atoms with Gasteiger partial charge in [0, 0.05) is 17.8 Å². The molecule has 2 amide bonds. The number of carbonyl (C=O) groups is 2. The number of amides is 2. The van der Waals surface area contributed by atoms with E-state index in [-0.39, 0.29) is 11.8 Å². The van der Waals surface area contributed by atoms with Crippen LogP contribution in [0.1, 0.15) is 6.92 Å². The van der Waals surface area contributed by atoms with Crippen molar-refractivity contribution in [1.82, 2.24) is 19.6 Å². The number of alkyl halides is 2. The van der Waals surface area contributed by atoms with Crippen LogP contribution in [-0.4, -0.2) is 50.4 Å². The van der Waals surface area contributed by atoms with Gasteiger partial charge in [0.15, 0.2) is 5.82 Å². The number of fused-ring (bicyclic) bond motifs is 1. The largest absolute Gasteiger partial charge is 0.327 e. The van der Waals surface area contributed by atoms with Gasteiger partial charge in [-0.25, -0.2) is 13.3 Å². The average molecular weight is 334 g/mol. The highest BCUT2D eigenvalue weighted by molar-refractivity contribution is 6.16. The van der Waals surface area contributed by atoms with Crippen LogP contribution in [0.15, 0.2) is 30.0 Å². The minimum absolute atomic E-state index is 0.0934. The predicted molar refractivity (Wildman–Crippen MR) is 79.4 cm³/mol. The van der Waals surface area contributed by atoms with Gasteiger partial charge in [-0.15, -0.1) is 5.10 Å². The van der Waals surface area contributed by atoms with Crippen LogP contribution in [0.5, 0.6) is 0 Å². The minimum atomic E-state index is -2.76. The van der Waals surface area contributed by atoms with Gasteiger partial charge in [0.05, 0.1) is 13.1 Å². The second-order valence-electron chi connectivity index (χ2n) is 5.73. The molecule has 0 aliphatic carbocycles. The number of hydrogen-bond acceptors (Lipinski definition) is 6. The lowest BCUT2D eigenvalue weighted by molar-refractivity contribution is -0.135. The highest BCUT2D eigenvalue weighted by Gasteiger charge is 2.45. The average Bonchev–Trinajstić information content (AvgIpc) is 3.05. The molecule has 1 saturated heterocycles. The molecule has 0 unspecified atom stereocenters. The number of aromatic nitrogens is 3. The molecule has 0 saturated carbocycles. The van der Waals surface area contributed by atoms with E-state index in [9.17, 15) is 18.4 Å². The van der Waals surface area contributed by atoms with Gasteiger partial charge >= 0.3 is 0 Å². The van der Waals surface area contributed by atoms with Gasteiger partial charge in [0.2, 0.25) is 5.95 Å². The number of rotatable bonds is 3. The molecule has 0 atom stereocenters.